The average Bonchev–Trinajstić information content (AvgIpc) is 3.23. The highest BCUT2D eigenvalue weighted by atomic mass is 32.2. The van der Waals surface area contributed by atoms with Crippen LogP contribution in [0.4, 0.5) is 8.78 Å². The van der Waals surface area contributed by atoms with Crippen LogP contribution in [0.2, 0.25) is 0 Å². The van der Waals surface area contributed by atoms with E-state index in [0.717, 1.165) is 17.7 Å². The number of nitrogens with one attached hydrogen (secondary N) is 2. The summed E-state index contributed by atoms with van der Waals surface area (Å²) in [6.45, 7) is 0.150. The molecule has 0 bridgehead atoms. The minimum Gasteiger partial charge on any atom is -0.454 e. The van der Waals surface area contributed by atoms with Gasteiger partial charge in [0.2, 0.25) is 10.9 Å². The molecule has 0 aliphatic heterocycles. The zero-order valence-corrected chi connectivity index (χ0v) is 18.7. The van der Waals surface area contributed by atoms with Crippen molar-refractivity contribution in [2.75, 3.05) is 6.54 Å². The molecule has 2 heterocycles. The Balaban J connectivity index is 1.91. The summed E-state index contributed by atoms with van der Waals surface area (Å²) in [4.78, 5) is 27.1. The molecule has 34 heavy (non-hydrogen) atoms. The highest BCUT2D eigenvalue weighted by molar-refractivity contribution is 7.70. The molecule has 0 saturated carbocycles. The summed E-state index contributed by atoms with van der Waals surface area (Å²) in [5, 5.41) is 0.362. The van der Waals surface area contributed by atoms with Gasteiger partial charge in [-0.3, -0.25) is 9.59 Å². The van der Waals surface area contributed by atoms with Crippen LogP contribution in [0.3, 0.4) is 0 Å². The number of fused-ring (bicyclic) bond motifs is 1. The quantitative estimate of drug-likeness (QED) is 0.261. The third-order valence-electron chi connectivity index (χ3n) is 5.27. The van der Waals surface area contributed by atoms with Gasteiger partial charge >= 0.3 is 0 Å². The molecule has 0 amide bonds. The van der Waals surface area contributed by atoms with E-state index in [1.165, 1.54) is 17.0 Å². The number of halogens is 2. The Morgan fingerprint density at radius 1 is 1.12 bits per heavy atom. The molecular formula is C23H19F2N3O5S. The second-order valence-corrected chi connectivity index (χ2v) is 8.32. The highest BCUT2D eigenvalue weighted by Gasteiger charge is 2.19. The lowest BCUT2D eigenvalue weighted by atomic mass is 9.97. The first-order chi connectivity index (χ1) is 16.3. The lowest BCUT2D eigenvalue weighted by molar-refractivity contribution is 0.112. The normalized spacial score (nSPS) is 11.3. The monoisotopic (exact) mass is 487 g/mol. The lowest BCUT2D eigenvalue weighted by Gasteiger charge is -2.16. The van der Waals surface area contributed by atoms with Crippen molar-refractivity contribution < 1.29 is 26.7 Å². The molecular weight excluding hydrogens is 468 g/mol. The number of rotatable bonds is 8. The van der Waals surface area contributed by atoms with Crippen LogP contribution in [-0.4, -0.2) is 30.8 Å². The van der Waals surface area contributed by atoms with Crippen molar-refractivity contribution in [3.63, 3.8) is 0 Å². The van der Waals surface area contributed by atoms with Crippen molar-refractivity contribution in [3.05, 3.63) is 81.9 Å². The number of aldehydes is 1. The second-order valence-electron chi connectivity index (χ2n) is 7.49. The number of carbonyl (C=O) groups excluding carboxylic acids is 1. The van der Waals surface area contributed by atoms with E-state index in [1.54, 1.807) is 25.2 Å². The molecule has 4 rings (SSSR count). The first kappa shape index (κ1) is 23.3. The number of thiol groups is 1. The first-order valence-electron chi connectivity index (χ1n) is 10.1. The Labute approximate surface area is 193 Å². The lowest BCUT2D eigenvalue weighted by Crippen LogP contribution is -2.17. The molecule has 176 valence electrons. The topological polar surface area (TPSA) is 110 Å². The number of hydrogen-bond acceptors (Lipinski definition) is 5. The summed E-state index contributed by atoms with van der Waals surface area (Å²) in [7, 11) is -1.21. The molecule has 2 aromatic heterocycles. The standard InChI is InChI=1S/C23H19F2N3O5S/c1-28-11-17(21-14(12-29)10-26-22(21)23(28)30)16-8-13(6-7-27-34(31)32)2-4-19(16)33-20-5-3-15(24)9-18(20)25/h2-5,8-12,26,34H,6-7H2,1H3,(H,27,31,32). The van der Waals surface area contributed by atoms with E-state index in [9.17, 15) is 26.8 Å². The molecule has 0 aliphatic rings. The van der Waals surface area contributed by atoms with E-state index in [0.29, 0.717) is 35.3 Å². The summed E-state index contributed by atoms with van der Waals surface area (Å²) in [6, 6.07) is 7.85. The van der Waals surface area contributed by atoms with Crippen LogP contribution >= 0.6 is 0 Å². The minimum atomic E-state index is -2.75. The summed E-state index contributed by atoms with van der Waals surface area (Å²) < 4.78 is 58.7. The largest absolute Gasteiger partial charge is 0.454 e. The SMILES string of the molecule is Cn1cc(-c2cc(CCN[SH](=O)=O)ccc2Oc2ccc(F)cc2F)c2c(C=O)c[nH]c2c1=O. The number of aromatic amines is 1. The number of ether oxygens (including phenoxy) is 1. The van der Waals surface area contributed by atoms with Crippen LogP contribution in [-0.2, 0) is 24.4 Å². The van der Waals surface area contributed by atoms with Crippen molar-refractivity contribution in [3.8, 4) is 22.6 Å². The van der Waals surface area contributed by atoms with Crippen LogP contribution in [0.5, 0.6) is 11.5 Å². The third kappa shape index (κ3) is 4.61. The van der Waals surface area contributed by atoms with E-state index in [1.807, 2.05) is 0 Å². The predicted octanol–water partition coefficient (Wildman–Crippen LogP) is 3.08. The molecule has 0 saturated heterocycles. The fraction of sp³-hybridized carbons (Fsp3) is 0.130. The molecule has 2 aromatic carbocycles. The zero-order chi connectivity index (χ0) is 24.4. The van der Waals surface area contributed by atoms with Gasteiger partial charge in [0.15, 0.2) is 17.9 Å². The number of nitrogens with zero attached hydrogens (tertiary/aromatic N) is 1. The smallest absolute Gasteiger partial charge is 0.274 e. The number of H-pyrrole nitrogens is 1. The van der Waals surface area contributed by atoms with E-state index in [-0.39, 0.29) is 34.7 Å². The fourth-order valence-corrected chi connectivity index (χ4v) is 3.98. The molecule has 4 aromatic rings. The van der Waals surface area contributed by atoms with Crippen LogP contribution in [0.1, 0.15) is 15.9 Å². The van der Waals surface area contributed by atoms with Gasteiger partial charge in [-0.2, -0.15) is 0 Å². The fourth-order valence-electron chi connectivity index (χ4n) is 3.69. The van der Waals surface area contributed by atoms with Gasteiger partial charge in [0.25, 0.3) is 5.56 Å². The predicted molar refractivity (Wildman–Crippen MR) is 123 cm³/mol. The van der Waals surface area contributed by atoms with E-state index < -0.39 is 22.5 Å². The minimum absolute atomic E-state index is 0.150. The van der Waals surface area contributed by atoms with Crippen LogP contribution in [0, 0.1) is 11.6 Å². The number of aromatic nitrogens is 2. The average molecular weight is 487 g/mol. The Hall–Kier alpha value is -3.83. The summed E-state index contributed by atoms with van der Waals surface area (Å²) in [6.07, 6.45) is 3.90. The maximum Gasteiger partial charge on any atom is 0.274 e. The Bertz CT molecular complexity index is 1530. The van der Waals surface area contributed by atoms with Gasteiger partial charge in [-0.05, 0) is 36.2 Å². The molecule has 0 spiro atoms. The second kappa shape index (κ2) is 9.57. The first-order valence-corrected chi connectivity index (χ1v) is 11.3. The van der Waals surface area contributed by atoms with E-state index in [4.69, 9.17) is 4.74 Å². The van der Waals surface area contributed by atoms with Gasteiger partial charge in [0, 0.05) is 54.1 Å². The summed E-state index contributed by atoms with van der Waals surface area (Å²) in [5.74, 6) is -1.69. The number of carbonyl (C=O) groups is 1. The van der Waals surface area contributed by atoms with Crippen molar-refractivity contribution >= 4 is 28.1 Å². The Morgan fingerprint density at radius 3 is 2.59 bits per heavy atom. The van der Waals surface area contributed by atoms with Gasteiger partial charge in [-0.1, -0.05) is 6.07 Å². The zero-order valence-electron chi connectivity index (χ0n) is 17.8. The Morgan fingerprint density at radius 2 is 1.88 bits per heavy atom. The van der Waals surface area contributed by atoms with Gasteiger partial charge in [-0.15, -0.1) is 0 Å². The van der Waals surface area contributed by atoms with Crippen molar-refractivity contribution in [2.45, 2.75) is 6.42 Å². The van der Waals surface area contributed by atoms with Crippen LogP contribution in [0.25, 0.3) is 22.0 Å². The van der Waals surface area contributed by atoms with Crippen LogP contribution in [0.15, 0.2) is 53.6 Å². The molecule has 2 N–H and O–H groups in total. The molecule has 0 unspecified atom stereocenters. The molecule has 0 atom stereocenters. The number of hydrogen-bond donors (Lipinski definition) is 3. The van der Waals surface area contributed by atoms with Crippen LogP contribution < -0.4 is 15.0 Å². The van der Waals surface area contributed by atoms with E-state index in [2.05, 4.69) is 9.71 Å². The van der Waals surface area contributed by atoms with Crippen molar-refractivity contribution in [1.29, 1.82) is 0 Å². The number of aryl methyl sites for hydroxylation is 1. The maximum atomic E-state index is 14.3. The highest BCUT2D eigenvalue weighted by Crippen LogP contribution is 2.38. The number of benzene rings is 2. The molecule has 11 heteroatoms. The molecule has 0 radical (unpaired) electrons. The Kier molecular flexibility index (Phi) is 6.57. The van der Waals surface area contributed by atoms with Gasteiger partial charge in [0.1, 0.15) is 17.1 Å². The molecule has 0 aliphatic carbocycles. The summed E-state index contributed by atoms with van der Waals surface area (Å²) >= 11 is 0. The molecule has 0 fully saturated rings. The maximum absolute atomic E-state index is 14.3. The van der Waals surface area contributed by atoms with Crippen molar-refractivity contribution in [1.82, 2.24) is 14.3 Å². The van der Waals surface area contributed by atoms with Gasteiger partial charge in [-0.25, -0.2) is 21.9 Å². The number of pyridine rings is 1. The van der Waals surface area contributed by atoms with Gasteiger partial charge in [0.05, 0.1) is 0 Å². The molecule has 8 nitrogen and oxygen atoms in total. The van der Waals surface area contributed by atoms with Crippen molar-refractivity contribution in [2.24, 2.45) is 7.05 Å². The summed E-state index contributed by atoms with van der Waals surface area (Å²) in [5.41, 5.74) is 1.71. The third-order valence-corrected chi connectivity index (χ3v) is 5.75. The van der Waals surface area contributed by atoms with E-state index >= 15 is 0 Å². The van der Waals surface area contributed by atoms with Gasteiger partial charge < -0.3 is 14.3 Å².